The van der Waals surface area contributed by atoms with Gasteiger partial charge in [0, 0.05) is 25.5 Å². The van der Waals surface area contributed by atoms with Gasteiger partial charge in [-0.25, -0.2) is 18.7 Å². The van der Waals surface area contributed by atoms with E-state index in [4.69, 9.17) is 0 Å². The van der Waals surface area contributed by atoms with Crippen LogP contribution in [0.2, 0.25) is 0 Å². The second kappa shape index (κ2) is 11.7. The van der Waals surface area contributed by atoms with Crippen LogP contribution in [0.5, 0.6) is 0 Å². The van der Waals surface area contributed by atoms with Gasteiger partial charge in [-0.15, -0.1) is 0 Å². The Bertz CT molecular complexity index is 748. The van der Waals surface area contributed by atoms with Crippen LogP contribution in [0.4, 0.5) is 4.79 Å². The molecule has 2 aromatic heterocycles. The molecule has 1 aliphatic rings. The first kappa shape index (κ1) is 24.8. The Kier molecular flexibility index (Phi) is 10.4. The Morgan fingerprint density at radius 1 is 1.04 bits per heavy atom. The van der Waals surface area contributed by atoms with Gasteiger partial charge in [-0.2, -0.15) is 3.93 Å². The van der Waals surface area contributed by atoms with Crippen molar-refractivity contribution in [1.29, 1.82) is 0 Å². The monoisotopic (exact) mass is 582 g/mol. The highest BCUT2D eigenvalue weighted by atomic mass is 79.9. The molecule has 0 saturated carbocycles. The van der Waals surface area contributed by atoms with Gasteiger partial charge in [0.05, 0.1) is 51.1 Å². The van der Waals surface area contributed by atoms with Crippen LogP contribution in [0.15, 0.2) is 35.8 Å². The molecule has 0 radical (unpaired) electrons. The molecule has 1 aliphatic heterocycles. The molecule has 1 saturated heterocycles. The molecule has 11 heteroatoms. The van der Waals surface area contributed by atoms with Crippen molar-refractivity contribution in [2.75, 3.05) is 0 Å². The molecule has 3 amide bonds. The first-order valence-electron chi connectivity index (χ1n) is 8.78. The summed E-state index contributed by atoms with van der Waals surface area (Å²) >= 11 is 9.21. The number of aromatic nitrogens is 4. The lowest BCUT2D eigenvalue weighted by atomic mass is 10.1. The SMILES string of the molecule is CC1(C)C(=O)N(Br)C(=O)N1Br.CCCn1ccnc1.CCCn1cncc1Br. The van der Waals surface area contributed by atoms with Gasteiger partial charge in [0.2, 0.25) is 0 Å². The standard InChI is InChI=1S/C6H9BrN2.C6H10N2.C5H6Br2N2O2/c1-2-3-9-5-8-4-6(9)7;1-2-4-8-5-3-7-6-8;1-5(2)3(10)8(6)4(11)9(5)7/h4-5H,2-3H2,1H3;3,5-6H,2,4H2,1H3;1-2H3. The zero-order valence-corrected chi connectivity index (χ0v) is 21.1. The summed E-state index contributed by atoms with van der Waals surface area (Å²) in [5, 5.41) is 0. The van der Waals surface area contributed by atoms with E-state index in [0.29, 0.717) is 0 Å². The zero-order valence-electron chi connectivity index (χ0n) is 16.3. The molecule has 0 atom stereocenters. The van der Waals surface area contributed by atoms with E-state index in [-0.39, 0.29) is 5.91 Å². The Balaban J connectivity index is 0.000000213. The summed E-state index contributed by atoms with van der Waals surface area (Å²) < 4.78 is 7.31. The van der Waals surface area contributed by atoms with Crippen LogP contribution in [-0.2, 0) is 17.9 Å². The maximum Gasteiger partial charge on any atom is 0.348 e. The highest BCUT2D eigenvalue weighted by Crippen LogP contribution is 2.32. The van der Waals surface area contributed by atoms with Gasteiger partial charge >= 0.3 is 6.03 Å². The van der Waals surface area contributed by atoms with Crippen molar-refractivity contribution in [3.8, 4) is 0 Å². The number of hydrogen-bond acceptors (Lipinski definition) is 4. The first-order chi connectivity index (χ1) is 13.2. The van der Waals surface area contributed by atoms with Gasteiger partial charge in [0.25, 0.3) is 5.91 Å². The van der Waals surface area contributed by atoms with Gasteiger partial charge in [0.15, 0.2) is 0 Å². The van der Waals surface area contributed by atoms with E-state index in [1.54, 1.807) is 26.2 Å². The molecule has 0 bridgehead atoms. The summed E-state index contributed by atoms with van der Waals surface area (Å²) in [6, 6.07) is -0.403. The summed E-state index contributed by atoms with van der Waals surface area (Å²) in [5.41, 5.74) is -0.805. The van der Waals surface area contributed by atoms with Crippen LogP contribution < -0.4 is 0 Å². The predicted molar refractivity (Wildman–Crippen MR) is 119 cm³/mol. The molecular formula is C17H25Br3N6O2. The number of aryl methyl sites for hydroxylation is 2. The average molecular weight is 585 g/mol. The molecule has 3 heterocycles. The fourth-order valence-corrected chi connectivity index (χ4v) is 3.62. The van der Waals surface area contributed by atoms with Crippen LogP contribution >= 0.6 is 48.2 Å². The quantitative estimate of drug-likeness (QED) is 0.374. The van der Waals surface area contributed by atoms with E-state index in [1.165, 1.54) is 10.3 Å². The summed E-state index contributed by atoms with van der Waals surface area (Å²) in [6.45, 7) is 9.74. The Labute approximate surface area is 191 Å². The molecule has 8 nitrogen and oxygen atoms in total. The highest BCUT2D eigenvalue weighted by molar-refractivity contribution is 9.10. The van der Waals surface area contributed by atoms with E-state index in [1.807, 2.05) is 18.9 Å². The minimum absolute atomic E-state index is 0.278. The van der Waals surface area contributed by atoms with Crippen molar-refractivity contribution in [3.05, 3.63) is 35.8 Å². The summed E-state index contributed by atoms with van der Waals surface area (Å²) in [6.07, 6.45) is 11.6. The van der Waals surface area contributed by atoms with Crippen molar-refractivity contribution in [1.82, 2.24) is 27.0 Å². The molecule has 156 valence electrons. The number of urea groups is 1. The molecule has 3 rings (SSSR count). The largest absolute Gasteiger partial charge is 0.348 e. The van der Waals surface area contributed by atoms with E-state index in [9.17, 15) is 9.59 Å². The van der Waals surface area contributed by atoms with Gasteiger partial charge < -0.3 is 9.13 Å². The minimum atomic E-state index is -0.805. The van der Waals surface area contributed by atoms with Crippen molar-refractivity contribution >= 4 is 60.2 Å². The normalized spacial score (nSPS) is 15.1. The minimum Gasteiger partial charge on any atom is -0.338 e. The van der Waals surface area contributed by atoms with E-state index in [2.05, 4.69) is 81.2 Å². The molecule has 0 spiro atoms. The molecule has 0 N–H and O–H groups in total. The summed E-state index contributed by atoms with van der Waals surface area (Å²) in [7, 11) is 0. The van der Waals surface area contributed by atoms with Gasteiger partial charge in [0.1, 0.15) is 10.1 Å². The molecule has 0 unspecified atom stereocenters. The molecule has 0 aromatic carbocycles. The van der Waals surface area contributed by atoms with Gasteiger partial charge in [-0.05, 0) is 42.6 Å². The molecule has 0 aliphatic carbocycles. The Hall–Kier alpha value is -1.20. The van der Waals surface area contributed by atoms with Crippen LogP contribution in [0, 0.1) is 0 Å². The van der Waals surface area contributed by atoms with E-state index in [0.717, 1.165) is 28.0 Å². The second-order valence-corrected chi connectivity index (χ2v) is 8.65. The smallest absolute Gasteiger partial charge is 0.338 e. The van der Waals surface area contributed by atoms with Crippen molar-refractivity contribution in [3.63, 3.8) is 0 Å². The third-order valence-electron chi connectivity index (χ3n) is 3.70. The molecule has 2 aromatic rings. The Morgan fingerprint density at radius 3 is 2.00 bits per heavy atom. The average Bonchev–Trinajstić information content (AvgIpc) is 3.35. The third-order valence-corrected chi connectivity index (χ3v) is 6.17. The lowest BCUT2D eigenvalue weighted by molar-refractivity contribution is -0.127. The lowest BCUT2D eigenvalue weighted by Gasteiger charge is -2.19. The Morgan fingerprint density at radius 2 is 1.68 bits per heavy atom. The number of imide groups is 1. The van der Waals surface area contributed by atoms with Crippen molar-refractivity contribution < 1.29 is 9.59 Å². The van der Waals surface area contributed by atoms with Gasteiger partial charge in [-0.1, -0.05) is 13.8 Å². The number of hydrogen-bond donors (Lipinski definition) is 0. The zero-order chi connectivity index (χ0) is 21.3. The second-order valence-electron chi connectivity index (χ2n) is 6.42. The van der Waals surface area contributed by atoms with Gasteiger partial charge in [-0.3, -0.25) is 4.79 Å². The maximum absolute atomic E-state index is 11.2. The number of nitrogens with zero attached hydrogens (tertiary/aromatic N) is 6. The number of imidazole rings is 2. The predicted octanol–water partition coefficient (Wildman–Crippen LogP) is 5.00. The summed E-state index contributed by atoms with van der Waals surface area (Å²) in [4.78, 5) is 30.2. The molecule has 28 heavy (non-hydrogen) atoms. The first-order valence-corrected chi connectivity index (χ1v) is 11.0. The van der Waals surface area contributed by atoms with Crippen molar-refractivity contribution in [2.24, 2.45) is 0 Å². The highest BCUT2D eigenvalue weighted by Gasteiger charge is 2.50. The maximum atomic E-state index is 11.2. The number of halogens is 3. The molecular weight excluding hydrogens is 560 g/mol. The molecule has 1 fully saturated rings. The number of carbonyl (C=O) groups excluding carboxylic acids is 2. The number of carbonyl (C=O) groups is 2. The summed E-state index contributed by atoms with van der Waals surface area (Å²) in [5.74, 6) is -0.278. The van der Waals surface area contributed by atoms with E-state index < -0.39 is 11.6 Å². The van der Waals surface area contributed by atoms with Crippen LogP contribution in [0.3, 0.4) is 0 Å². The fraction of sp³-hybridized carbons (Fsp3) is 0.529. The fourth-order valence-electron chi connectivity index (χ4n) is 2.11. The van der Waals surface area contributed by atoms with E-state index >= 15 is 0 Å². The van der Waals surface area contributed by atoms with Crippen molar-refractivity contribution in [2.45, 2.75) is 59.2 Å². The van der Waals surface area contributed by atoms with Crippen LogP contribution in [-0.4, -0.2) is 44.4 Å². The topological polar surface area (TPSA) is 76.3 Å². The lowest BCUT2D eigenvalue weighted by Crippen LogP contribution is -2.37. The van der Waals surface area contributed by atoms with Crippen LogP contribution in [0.1, 0.15) is 40.5 Å². The third kappa shape index (κ3) is 6.70. The van der Waals surface area contributed by atoms with Crippen LogP contribution in [0.25, 0.3) is 0 Å². The number of amides is 3. The number of rotatable bonds is 4.